The quantitative estimate of drug-likeness (QED) is 0.690. The molecule has 0 aliphatic rings. The molecule has 0 aromatic carbocycles. The molecule has 2 heterocycles. The fraction of sp³-hybridized carbons (Fsp3) is 0.357. The SMILES string of the molecule is CC[CH]C(CC)(c1ccsc1)c1cccs1. The van der Waals surface area contributed by atoms with Gasteiger partial charge in [-0.3, -0.25) is 0 Å². The molecule has 0 bridgehead atoms. The largest absolute Gasteiger partial charge is 0.152 e. The fourth-order valence-corrected chi connectivity index (χ4v) is 4.04. The highest BCUT2D eigenvalue weighted by Gasteiger charge is 2.32. The molecule has 0 spiro atoms. The molecule has 0 saturated carbocycles. The first-order valence-electron chi connectivity index (χ1n) is 5.74. The number of rotatable bonds is 5. The van der Waals surface area contributed by atoms with Gasteiger partial charge in [-0.25, -0.2) is 0 Å². The lowest BCUT2D eigenvalue weighted by Crippen LogP contribution is -2.25. The second-order valence-corrected chi connectivity index (χ2v) is 5.65. The molecule has 1 atom stereocenters. The molecule has 2 heteroatoms. The Morgan fingerprint density at radius 1 is 1.25 bits per heavy atom. The van der Waals surface area contributed by atoms with Gasteiger partial charge in [-0.05, 0) is 46.7 Å². The van der Waals surface area contributed by atoms with Crippen molar-refractivity contribution in [2.45, 2.75) is 32.1 Å². The Balaban J connectivity index is 2.47. The summed E-state index contributed by atoms with van der Waals surface area (Å²) in [6.45, 7) is 4.51. The zero-order chi connectivity index (χ0) is 11.4. The third-order valence-electron chi connectivity index (χ3n) is 3.11. The standard InChI is InChI=1S/C14H17S2/c1-3-8-14(4-2,12-7-10-15-11-12)13-6-5-9-16-13/h5-11H,3-4H2,1-2H3. The van der Waals surface area contributed by atoms with Crippen molar-refractivity contribution < 1.29 is 0 Å². The van der Waals surface area contributed by atoms with E-state index in [2.05, 4.69) is 54.6 Å². The lowest BCUT2D eigenvalue weighted by molar-refractivity contribution is 0.567. The van der Waals surface area contributed by atoms with E-state index >= 15 is 0 Å². The van der Waals surface area contributed by atoms with Crippen LogP contribution in [0.3, 0.4) is 0 Å². The highest BCUT2D eigenvalue weighted by atomic mass is 32.1. The predicted molar refractivity (Wildman–Crippen MR) is 74.3 cm³/mol. The van der Waals surface area contributed by atoms with E-state index in [0.717, 1.165) is 12.8 Å². The summed E-state index contributed by atoms with van der Waals surface area (Å²) in [6, 6.07) is 6.68. The van der Waals surface area contributed by atoms with Crippen molar-refractivity contribution >= 4 is 22.7 Å². The van der Waals surface area contributed by atoms with E-state index in [0.29, 0.717) is 0 Å². The maximum absolute atomic E-state index is 2.46. The molecule has 1 unspecified atom stereocenters. The van der Waals surface area contributed by atoms with E-state index in [1.54, 1.807) is 11.3 Å². The van der Waals surface area contributed by atoms with E-state index < -0.39 is 0 Å². The summed E-state index contributed by atoms with van der Waals surface area (Å²) >= 11 is 3.66. The van der Waals surface area contributed by atoms with Gasteiger partial charge in [0.25, 0.3) is 0 Å². The van der Waals surface area contributed by atoms with E-state index in [1.165, 1.54) is 10.4 Å². The van der Waals surface area contributed by atoms with Crippen molar-refractivity contribution in [3.8, 4) is 0 Å². The van der Waals surface area contributed by atoms with Crippen molar-refractivity contribution in [2.24, 2.45) is 0 Å². The van der Waals surface area contributed by atoms with Gasteiger partial charge in [0.2, 0.25) is 0 Å². The van der Waals surface area contributed by atoms with Crippen molar-refractivity contribution in [3.63, 3.8) is 0 Å². The van der Waals surface area contributed by atoms with Gasteiger partial charge in [0.05, 0.1) is 0 Å². The van der Waals surface area contributed by atoms with Gasteiger partial charge >= 0.3 is 0 Å². The van der Waals surface area contributed by atoms with Crippen LogP contribution in [0.25, 0.3) is 0 Å². The lowest BCUT2D eigenvalue weighted by Gasteiger charge is -2.31. The van der Waals surface area contributed by atoms with E-state index in [1.807, 2.05) is 11.3 Å². The normalized spacial score (nSPS) is 14.9. The summed E-state index contributed by atoms with van der Waals surface area (Å²) in [5, 5.41) is 6.64. The molecule has 2 rings (SSSR count). The van der Waals surface area contributed by atoms with Gasteiger partial charge in [0.15, 0.2) is 0 Å². The van der Waals surface area contributed by atoms with Crippen LogP contribution < -0.4 is 0 Å². The monoisotopic (exact) mass is 249 g/mol. The summed E-state index contributed by atoms with van der Waals surface area (Å²) in [6.07, 6.45) is 4.71. The van der Waals surface area contributed by atoms with E-state index in [9.17, 15) is 0 Å². The minimum atomic E-state index is 0.142. The number of hydrogen-bond donors (Lipinski definition) is 0. The second-order valence-electron chi connectivity index (χ2n) is 3.93. The van der Waals surface area contributed by atoms with Crippen molar-refractivity contribution in [1.82, 2.24) is 0 Å². The molecule has 0 fully saturated rings. The smallest absolute Gasteiger partial charge is 0.0333 e. The molecule has 0 N–H and O–H groups in total. The number of thiophene rings is 2. The van der Waals surface area contributed by atoms with Crippen LogP contribution in [0.1, 0.15) is 37.1 Å². The highest BCUT2D eigenvalue weighted by molar-refractivity contribution is 7.10. The van der Waals surface area contributed by atoms with Crippen LogP contribution >= 0.6 is 22.7 Å². The van der Waals surface area contributed by atoms with Crippen LogP contribution in [0.15, 0.2) is 34.3 Å². The van der Waals surface area contributed by atoms with E-state index in [4.69, 9.17) is 0 Å². The summed E-state index contributed by atoms with van der Waals surface area (Å²) in [5.74, 6) is 0. The van der Waals surface area contributed by atoms with Crippen LogP contribution in [-0.4, -0.2) is 0 Å². The van der Waals surface area contributed by atoms with Crippen LogP contribution in [0, 0.1) is 6.42 Å². The maximum atomic E-state index is 2.46. The van der Waals surface area contributed by atoms with Gasteiger partial charge in [-0.15, -0.1) is 11.3 Å². The molecule has 0 amide bonds. The number of hydrogen-bond acceptors (Lipinski definition) is 2. The first-order chi connectivity index (χ1) is 7.83. The molecule has 0 nitrogen and oxygen atoms in total. The third kappa shape index (κ3) is 1.96. The Morgan fingerprint density at radius 3 is 2.62 bits per heavy atom. The van der Waals surface area contributed by atoms with Crippen molar-refractivity contribution in [3.05, 3.63) is 51.2 Å². The van der Waals surface area contributed by atoms with Crippen LogP contribution in [0.5, 0.6) is 0 Å². The summed E-state index contributed by atoms with van der Waals surface area (Å²) < 4.78 is 0. The van der Waals surface area contributed by atoms with Crippen LogP contribution in [-0.2, 0) is 5.41 Å². The minimum absolute atomic E-state index is 0.142. The Bertz CT molecular complexity index is 364. The molecule has 2 aromatic heterocycles. The summed E-state index contributed by atoms with van der Waals surface area (Å²) in [7, 11) is 0. The third-order valence-corrected chi connectivity index (χ3v) is 4.84. The van der Waals surface area contributed by atoms with Gasteiger partial charge in [0.1, 0.15) is 0 Å². The van der Waals surface area contributed by atoms with Gasteiger partial charge in [0, 0.05) is 10.3 Å². The Hall–Kier alpha value is -0.600. The van der Waals surface area contributed by atoms with Gasteiger partial charge in [-0.1, -0.05) is 26.3 Å². The molecule has 0 saturated heterocycles. The lowest BCUT2D eigenvalue weighted by atomic mass is 9.74. The van der Waals surface area contributed by atoms with Crippen molar-refractivity contribution in [2.75, 3.05) is 0 Å². The Labute approximate surface area is 106 Å². The average Bonchev–Trinajstić information content (AvgIpc) is 2.98. The maximum Gasteiger partial charge on any atom is 0.0333 e. The van der Waals surface area contributed by atoms with Crippen LogP contribution in [0.4, 0.5) is 0 Å². The first kappa shape index (κ1) is 11.9. The fourth-order valence-electron chi connectivity index (χ4n) is 2.28. The molecular weight excluding hydrogens is 232 g/mol. The Morgan fingerprint density at radius 2 is 2.12 bits per heavy atom. The summed E-state index contributed by atoms with van der Waals surface area (Å²) in [5.41, 5.74) is 1.59. The Kier molecular flexibility index (Phi) is 3.82. The zero-order valence-corrected chi connectivity index (χ0v) is 11.4. The molecule has 2 aromatic rings. The average molecular weight is 249 g/mol. The first-order valence-corrected chi connectivity index (χ1v) is 7.56. The predicted octanol–water partition coefficient (Wildman–Crippen LogP) is 5.12. The second kappa shape index (κ2) is 5.15. The molecule has 0 aliphatic heterocycles. The van der Waals surface area contributed by atoms with Gasteiger partial charge in [-0.2, -0.15) is 11.3 Å². The van der Waals surface area contributed by atoms with Crippen LogP contribution in [0.2, 0.25) is 0 Å². The topological polar surface area (TPSA) is 0 Å². The van der Waals surface area contributed by atoms with Gasteiger partial charge < -0.3 is 0 Å². The minimum Gasteiger partial charge on any atom is -0.152 e. The molecule has 0 aliphatic carbocycles. The van der Waals surface area contributed by atoms with E-state index in [-0.39, 0.29) is 5.41 Å². The molecule has 16 heavy (non-hydrogen) atoms. The highest BCUT2D eigenvalue weighted by Crippen LogP contribution is 2.42. The zero-order valence-electron chi connectivity index (χ0n) is 9.77. The molecule has 85 valence electrons. The molecular formula is C14H17S2. The molecule has 1 radical (unpaired) electrons. The summed E-state index contributed by atoms with van der Waals surface area (Å²) in [4.78, 5) is 1.47. The van der Waals surface area contributed by atoms with Crippen molar-refractivity contribution in [1.29, 1.82) is 0 Å².